The second-order valence-electron chi connectivity index (χ2n) is 8.36. The highest BCUT2D eigenvalue weighted by Crippen LogP contribution is 2.72. The van der Waals surface area contributed by atoms with Crippen LogP contribution in [0, 0.1) is 35.5 Å². The Kier molecular flexibility index (Phi) is 3.24. The Morgan fingerprint density at radius 1 is 0.833 bits per heavy atom. The normalized spacial score (nSPS) is 47.5. The van der Waals surface area contributed by atoms with Crippen LogP contribution in [-0.4, -0.2) is 28.7 Å². The van der Waals surface area contributed by atoms with Gasteiger partial charge in [-0.05, 0) is 67.6 Å². The van der Waals surface area contributed by atoms with Gasteiger partial charge in [-0.3, -0.25) is 0 Å². The Labute approximate surface area is 134 Å². The van der Waals surface area contributed by atoms with Crippen LogP contribution in [-0.2, 0) is 0 Å². The smallest absolute Gasteiger partial charge is 0.374 e. The van der Waals surface area contributed by atoms with Crippen molar-refractivity contribution in [3.63, 3.8) is 0 Å². The molecule has 0 aromatic carbocycles. The molecule has 1 nitrogen and oxygen atoms in total. The molecule has 0 radical (unpaired) electrons. The van der Waals surface area contributed by atoms with Crippen molar-refractivity contribution in [3.05, 3.63) is 0 Å². The number of halogens is 7. The minimum Gasteiger partial charge on any atom is -0.374 e. The van der Waals surface area contributed by atoms with Gasteiger partial charge in [0.15, 0.2) is 0 Å². The number of alkyl halides is 7. The molecule has 1 N–H and O–H groups in total. The van der Waals surface area contributed by atoms with Gasteiger partial charge < -0.3 is 5.11 Å². The molecular weight excluding hydrogens is 341 g/mol. The molecule has 0 aromatic rings. The first kappa shape index (κ1) is 16.9. The van der Waals surface area contributed by atoms with Crippen LogP contribution in [0.4, 0.5) is 30.7 Å². The van der Waals surface area contributed by atoms with Crippen molar-refractivity contribution in [2.24, 2.45) is 35.5 Å². The molecule has 0 saturated heterocycles. The summed E-state index contributed by atoms with van der Waals surface area (Å²) in [6, 6.07) is 0. The third-order valence-corrected chi connectivity index (χ3v) is 7.37. The van der Waals surface area contributed by atoms with E-state index in [2.05, 4.69) is 0 Å². The average Bonchev–Trinajstić information content (AvgIpc) is 3.11. The van der Waals surface area contributed by atoms with Crippen LogP contribution in [0.2, 0.25) is 0 Å². The second-order valence-corrected chi connectivity index (χ2v) is 8.36. The predicted octanol–water partition coefficient (Wildman–Crippen LogP) is 4.64. The lowest BCUT2D eigenvalue weighted by Gasteiger charge is -2.45. The van der Waals surface area contributed by atoms with Crippen LogP contribution in [0.3, 0.4) is 0 Å². The van der Waals surface area contributed by atoms with Crippen molar-refractivity contribution in [2.45, 2.75) is 62.1 Å². The minimum atomic E-state index is -5.94. The van der Waals surface area contributed by atoms with Crippen molar-refractivity contribution >= 4 is 0 Å². The van der Waals surface area contributed by atoms with Gasteiger partial charge in [0, 0.05) is 6.42 Å². The number of rotatable bonds is 2. The zero-order chi connectivity index (χ0) is 17.7. The van der Waals surface area contributed by atoms with Crippen LogP contribution >= 0.6 is 0 Å². The van der Waals surface area contributed by atoms with Crippen molar-refractivity contribution in [1.29, 1.82) is 0 Å². The number of aliphatic hydroxyl groups is 1. The fourth-order valence-corrected chi connectivity index (χ4v) is 6.67. The molecule has 0 aromatic heterocycles. The molecule has 4 fully saturated rings. The molecular formula is C16H19F7O. The first-order chi connectivity index (χ1) is 10.9. The minimum absolute atomic E-state index is 0.0989. The van der Waals surface area contributed by atoms with Gasteiger partial charge in [0.2, 0.25) is 0 Å². The summed E-state index contributed by atoms with van der Waals surface area (Å²) >= 11 is 0. The Bertz CT molecular complexity index is 528. The molecule has 0 amide bonds. The number of hydrogen-bond acceptors (Lipinski definition) is 1. The first-order valence-corrected chi connectivity index (χ1v) is 8.42. The maximum absolute atomic E-state index is 15.4. The SMILES string of the molecule is OC(CC1(F)CC2CC1C1C3CCC(C3)C21)(C(F)(F)F)C(F)(F)F. The molecule has 138 valence electrons. The van der Waals surface area contributed by atoms with E-state index in [4.69, 9.17) is 0 Å². The third-order valence-electron chi connectivity index (χ3n) is 7.37. The fourth-order valence-electron chi connectivity index (χ4n) is 6.67. The molecule has 4 bridgehead atoms. The van der Waals surface area contributed by atoms with Gasteiger partial charge in [0.05, 0.1) is 0 Å². The highest BCUT2D eigenvalue weighted by molar-refractivity contribution is 5.18. The zero-order valence-electron chi connectivity index (χ0n) is 12.8. The topological polar surface area (TPSA) is 20.2 Å². The molecule has 4 aliphatic rings. The Balaban J connectivity index is 1.63. The van der Waals surface area contributed by atoms with Gasteiger partial charge in [0.1, 0.15) is 5.67 Å². The van der Waals surface area contributed by atoms with Crippen LogP contribution in [0.5, 0.6) is 0 Å². The highest BCUT2D eigenvalue weighted by atomic mass is 19.4. The van der Waals surface area contributed by atoms with Gasteiger partial charge in [-0.2, -0.15) is 26.3 Å². The Morgan fingerprint density at radius 2 is 1.38 bits per heavy atom. The van der Waals surface area contributed by atoms with Crippen molar-refractivity contribution in [3.8, 4) is 0 Å². The largest absolute Gasteiger partial charge is 0.426 e. The van der Waals surface area contributed by atoms with Crippen molar-refractivity contribution in [2.75, 3.05) is 0 Å². The summed E-state index contributed by atoms with van der Waals surface area (Å²) < 4.78 is 93.0. The molecule has 0 aliphatic heterocycles. The Hall–Kier alpha value is -0.530. The van der Waals surface area contributed by atoms with E-state index in [1.807, 2.05) is 0 Å². The van der Waals surface area contributed by atoms with Crippen molar-refractivity contribution < 1.29 is 35.8 Å². The van der Waals surface area contributed by atoms with Gasteiger partial charge in [-0.25, -0.2) is 4.39 Å². The molecule has 24 heavy (non-hydrogen) atoms. The molecule has 4 aliphatic carbocycles. The summed E-state index contributed by atoms with van der Waals surface area (Å²) in [5.41, 5.74) is -7.57. The summed E-state index contributed by atoms with van der Waals surface area (Å²) in [7, 11) is 0. The highest BCUT2D eigenvalue weighted by Gasteiger charge is 2.76. The lowest BCUT2D eigenvalue weighted by molar-refractivity contribution is -0.378. The first-order valence-electron chi connectivity index (χ1n) is 8.42. The van der Waals surface area contributed by atoms with E-state index in [-0.39, 0.29) is 30.1 Å². The van der Waals surface area contributed by atoms with E-state index in [0.717, 1.165) is 19.3 Å². The maximum atomic E-state index is 15.4. The van der Waals surface area contributed by atoms with Gasteiger partial charge in [-0.15, -0.1) is 0 Å². The van der Waals surface area contributed by atoms with E-state index < -0.39 is 36.0 Å². The van der Waals surface area contributed by atoms with Crippen LogP contribution < -0.4 is 0 Å². The average molecular weight is 360 g/mol. The third kappa shape index (κ3) is 1.98. The zero-order valence-corrected chi connectivity index (χ0v) is 12.8. The molecule has 0 heterocycles. The summed E-state index contributed by atoms with van der Waals surface area (Å²) in [4.78, 5) is 0. The quantitative estimate of drug-likeness (QED) is 0.562. The summed E-state index contributed by atoms with van der Waals surface area (Å²) in [6.45, 7) is 0. The van der Waals surface area contributed by atoms with Gasteiger partial charge in [0.25, 0.3) is 5.60 Å². The van der Waals surface area contributed by atoms with Gasteiger partial charge in [-0.1, -0.05) is 0 Å². The Morgan fingerprint density at radius 3 is 1.92 bits per heavy atom. The molecule has 4 saturated carbocycles. The lowest BCUT2D eigenvalue weighted by Crippen LogP contribution is -2.61. The van der Waals surface area contributed by atoms with Gasteiger partial charge >= 0.3 is 12.4 Å². The van der Waals surface area contributed by atoms with E-state index in [1.165, 1.54) is 0 Å². The lowest BCUT2D eigenvalue weighted by atomic mass is 9.64. The van der Waals surface area contributed by atoms with E-state index in [1.54, 1.807) is 0 Å². The summed E-state index contributed by atoms with van der Waals surface area (Å²) in [5, 5.41) is 9.42. The number of hydrogen-bond donors (Lipinski definition) is 1. The monoisotopic (exact) mass is 360 g/mol. The summed E-state index contributed by atoms with van der Waals surface area (Å²) in [6.07, 6.45) is -10.9. The second kappa shape index (κ2) is 4.60. The van der Waals surface area contributed by atoms with Crippen LogP contribution in [0.15, 0.2) is 0 Å². The van der Waals surface area contributed by atoms with Crippen LogP contribution in [0.1, 0.15) is 38.5 Å². The van der Waals surface area contributed by atoms with Crippen LogP contribution in [0.25, 0.3) is 0 Å². The fraction of sp³-hybridized carbons (Fsp3) is 1.00. The van der Waals surface area contributed by atoms with Crippen molar-refractivity contribution in [1.82, 2.24) is 0 Å². The molecule has 4 rings (SSSR count). The van der Waals surface area contributed by atoms with E-state index in [9.17, 15) is 31.4 Å². The summed E-state index contributed by atoms with van der Waals surface area (Å²) in [5.74, 6) is -0.0512. The van der Waals surface area contributed by atoms with E-state index in [0.29, 0.717) is 12.3 Å². The molecule has 0 spiro atoms. The molecule has 7 unspecified atom stereocenters. The molecule has 7 atom stereocenters. The predicted molar refractivity (Wildman–Crippen MR) is 69.5 cm³/mol. The molecule has 8 heteroatoms. The number of fused-ring (bicyclic) bond motifs is 9. The maximum Gasteiger partial charge on any atom is 0.426 e. The standard InChI is InChI=1S/C16H19F7O/c17-13(6-14(24,15(18,19)20)16(21,22)23)5-9-4-10(13)12-8-2-1-7(3-8)11(9)12/h7-12,24H,1-6H2. The van der Waals surface area contributed by atoms with E-state index >= 15 is 4.39 Å².